The first kappa shape index (κ1) is 26.4. The van der Waals surface area contributed by atoms with Gasteiger partial charge in [0.1, 0.15) is 4.88 Å². The van der Waals surface area contributed by atoms with Crippen LogP contribution in [0.5, 0.6) is 0 Å². The van der Waals surface area contributed by atoms with Gasteiger partial charge in [-0.15, -0.1) is 11.3 Å². The number of anilines is 1. The number of hydrogen-bond acceptors (Lipinski definition) is 6. The zero-order valence-corrected chi connectivity index (χ0v) is 22.4. The van der Waals surface area contributed by atoms with Crippen LogP contribution in [0, 0.1) is 11.8 Å². The number of likely N-dealkylation sites (tertiary alicyclic amines) is 1. The van der Waals surface area contributed by atoms with E-state index in [-0.39, 0.29) is 40.6 Å². The van der Waals surface area contributed by atoms with Gasteiger partial charge in [0, 0.05) is 36.9 Å². The van der Waals surface area contributed by atoms with Gasteiger partial charge >= 0.3 is 12.1 Å². The second-order valence-corrected chi connectivity index (χ2v) is 12.4. The van der Waals surface area contributed by atoms with Crippen LogP contribution in [0.1, 0.15) is 80.8 Å². The van der Waals surface area contributed by atoms with Gasteiger partial charge in [-0.1, -0.05) is 27.7 Å². The molecule has 198 valence electrons. The number of thiophene rings is 1. The van der Waals surface area contributed by atoms with E-state index in [1.54, 1.807) is 4.90 Å². The number of amides is 3. The van der Waals surface area contributed by atoms with Gasteiger partial charge in [-0.2, -0.15) is 0 Å². The van der Waals surface area contributed by atoms with Crippen LogP contribution in [0.3, 0.4) is 0 Å². The van der Waals surface area contributed by atoms with Crippen molar-refractivity contribution in [3.05, 3.63) is 15.8 Å². The molecule has 3 heterocycles. The van der Waals surface area contributed by atoms with Crippen molar-refractivity contribution in [2.75, 3.05) is 24.5 Å². The summed E-state index contributed by atoms with van der Waals surface area (Å²) in [7, 11) is 0. The van der Waals surface area contributed by atoms with Gasteiger partial charge in [0.25, 0.3) is 5.91 Å². The van der Waals surface area contributed by atoms with Crippen molar-refractivity contribution >= 4 is 40.9 Å². The molecule has 0 aromatic carbocycles. The van der Waals surface area contributed by atoms with E-state index in [0.29, 0.717) is 37.5 Å². The summed E-state index contributed by atoms with van der Waals surface area (Å²) in [5.41, 5.74) is 0.159. The molecule has 2 aliphatic heterocycles. The second kappa shape index (κ2) is 10.4. The Morgan fingerprint density at radius 2 is 1.83 bits per heavy atom. The average molecular weight is 520 g/mol. The number of carbonyl (C=O) groups excluding carboxylic acids is 3. The Kier molecular flexibility index (Phi) is 7.64. The summed E-state index contributed by atoms with van der Waals surface area (Å²) in [6, 6.07) is 1.49. The maximum absolute atomic E-state index is 14.0. The molecule has 2 atom stereocenters. The lowest BCUT2D eigenvalue weighted by molar-refractivity contribution is -0.126. The minimum absolute atomic E-state index is 0.0574. The summed E-state index contributed by atoms with van der Waals surface area (Å²) in [4.78, 5) is 55.1. The zero-order valence-electron chi connectivity index (χ0n) is 21.5. The molecule has 2 N–H and O–H groups in total. The first-order valence-corrected chi connectivity index (χ1v) is 13.7. The third kappa shape index (κ3) is 5.53. The van der Waals surface area contributed by atoms with Gasteiger partial charge in [-0.05, 0) is 49.5 Å². The van der Waals surface area contributed by atoms with Crippen LogP contribution in [-0.4, -0.2) is 65.7 Å². The molecule has 0 radical (unpaired) electrons. The number of ether oxygens (including phenoxy) is 1. The maximum Gasteiger partial charge on any atom is 0.410 e. The molecular formula is C26H37N3O6S. The second-order valence-electron chi connectivity index (χ2n) is 11.4. The van der Waals surface area contributed by atoms with E-state index in [9.17, 15) is 24.3 Å². The highest BCUT2D eigenvalue weighted by atomic mass is 32.1. The molecule has 3 aliphatic rings. The Morgan fingerprint density at radius 3 is 2.42 bits per heavy atom. The van der Waals surface area contributed by atoms with Crippen LogP contribution in [0.15, 0.2) is 6.07 Å². The van der Waals surface area contributed by atoms with Crippen molar-refractivity contribution in [1.29, 1.82) is 0 Å². The fourth-order valence-corrected chi connectivity index (χ4v) is 6.33. The molecule has 3 fully saturated rings. The Labute approximate surface area is 216 Å². The molecule has 4 rings (SSSR count). The van der Waals surface area contributed by atoms with Crippen LogP contribution in [-0.2, 0) is 19.7 Å². The van der Waals surface area contributed by atoms with E-state index in [1.165, 1.54) is 16.2 Å². The van der Waals surface area contributed by atoms with Crippen molar-refractivity contribution in [3.8, 4) is 0 Å². The number of carbonyl (C=O) groups is 4. The van der Waals surface area contributed by atoms with Crippen LogP contribution >= 0.6 is 11.3 Å². The third-order valence-electron chi connectivity index (χ3n) is 7.54. The number of nitrogens with zero attached hydrogens (tertiary/aromatic N) is 2. The SMILES string of the molecule is CC(C)(C)c1cc(N(C(=O)[C@H]2CC[C@H](C)CC2)[C@H]2CCN(C(=O)O[C@H]3CCNC3=O)C2)c(C(=O)O)s1. The highest BCUT2D eigenvalue weighted by Crippen LogP contribution is 2.41. The van der Waals surface area contributed by atoms with Crippen LogP contribution < -0.4 is 10.2 Å². The van der Waals surface area contributed by atoms with Gasteiger partial charge < -0.3 is 25.0 Å². The Hall–Kier alpha value is -2.62. The first-order chi connectivity index (χ1) is 17.0. The number of carboxylic acid groups (broad SMARTS) is 1. The summed E-state index contributed by atoms with van der Waals surface area (Å²) in [5.74, 6) is -0.985. The largest absolute Gasteiger partial charge is 0.477 e. The lowest BCUT2D eigenvalue weighted by atomic mass is 9.82. The number of hydrogen-bond donors (Lipinski definition) is 2. The van der Waals surface area contributed by atoms with Gasteiger partial charge in [-0.25, -0.2) is 9.59 Å². The van der Waals surface area contributed by atoms with E-state index in [1.807, 2.05) is 26.8 Å². The fraction of sp³-hybridized carbons (Fsp3) is 0.692. The lowest BCUT2D eigenvalue weighted by Crippen LogP contribution is -2.47. The molecular weight excluding hydrogens is 482 g/mol. The molecule has 0 unspecified atom stereocenters. The van der Waals surface area contributed by atoms with Crippen LogP contribution in [0.2, 0.25) is 0 Å². The standard InChI is InChI=1S/C26H37N3O6S/c1-15-5-7-16(8-6-15)23(31)29(18-13-20(26(2,3)4)36-21(18)24(32)33)17-10-12-28(14-17)25(34)35-19-9-11-27-22(19)30/h13,15-17,19H,5-12,14H2,1-4H3,(H,27,30)(H,32,33)/t15-,16-,17-,19-/m0/s1. The van der Waals surface area contributed by atoms with Crippen molar-refractivity contribution in [2.45, 2.75) is 83.8 Å². The van der Waals surface area contributed by atoms with Crippen LogP contribution in [0.4, 0.5) is 10.5 Å². The minimum atomic E-state index is -1.05. The lowest BCUT2D eigenvalue weighted by Gasteiger charge is -2.34. The van der Waals surface area contributed by atoms with Crippen molar-refractivity contribution < 1.29 is 29.0 Å². The molecule has 9 nitrogen and oxygen atoms in total. The third-order valence-corrected chi connectivity index (χ3v) is 9.07. The molecule has 36 heavy (non-hydrogen) atoms. The monoisotopic (exact) mass is 519 g/mol. The highest BCUT2D eigenvalue weighted by molar-refractivity contribution is 7.14. The van der Waals surface area contributed by atoms with E-state index in [4.69, 9.17) is 4.74 Å². The van der Waals surface area contributed by atoms with Crippen molar-refractivity contribution in [2.24, 2.45) is 11.8 Å². The fourth-order valence-electron chi connectivity index (χ4n) is 5.28. The molecule has 1 saturated carbocycles. The predicted octanol–water partition coefficient (Wildman–Crippen LogP) is 4.00. The zero-order chi connectivity index (χ0) is 26.2. The molecule has 1 aliphatic carbocycles. The van der Waals surface area contributed by atoms with Crippen LogP contribution in [0.25, 0.3) is 0 Å². The average Bonchev–Trinajstić information content (AvgIpc) is 3.55. The molecule has 0 bridgehead atoms. The minimum Gasteiger partial charge on any atom is -0.477 e. The highest BCUT2D eigenvalue weighted by Gasteiger charge is 2.41. The Morgan fingerprint density at radius 1 is 1.14 bits per heavy atom. The number of rotatable bonds is 5. The van der Waals surface area contributed by atoms with Gasteiger partial charge in [0.15, 0.2) is 6.10 Å². The van der Waals surface area contributed by atoms with Gasteiger partial charge in [0.2, 0.25) is 5.91 Å². The summed E-state index contributed by atoms with van der Waals surface area (Å²) < 4.78 is 5.42. The Balaban J connectivity index is 1.61. The van der Waals surface area contributed by atoms with E-state index >= 15 is 0 Å². The predicted molar refractivity (Wildman–Crippen MR) is 136 cm³/mol. The number of aromatic carboxylic acids is 1. The van der Waals surface area contributed by atoms with E-state index < -0.39 is 18.2 Å². The summed E-state index contributed by atoms with van der Waals surface area (Å²) in [6.07, 6.45) is 3.11. The summed E-state index contributed by atoms with van der Waals surface area (Å²) in [5, 5.41) is 12.7. The maximum atomic E-state index is 14.0. The van der Waals surface area contributed by atoms with Gasteiger partial charge in [0.05, 0.1) is 11.7 Å². The topological polar surface area (TPSA) is 116 Å². The van der Waals surface area contributed by atoms with Gasteiger partial charge in [-0.3, -0.25) is 9.59 Å². The first-order valence-electron chi connectivity index (χ1n) is 12.9. The molecule has 3 amide bonds. The quantitative estimate of drug-likeness (QED) is 0.607. The van der Waals surface area contributed by atoms with Crippen molar-refractivity contribution in [3.63, 3.8) is 0 Å². The molecule has 1 aromatic rings. The molecule has 1 aromatic heterocycles. The number of nitrogens with one attached hydrogen (secondary N) is 1. The van der Waals surface area contributed by atoms with Crippen molar-refractivity contribution in [1.82, 2.24) is 10.2 Å². The summed E-state index contributed by atoms with van der Waals surface area (Å²) >= 11 is 1.21. The van der Waals surface area contributed by atoms with E-state index in [0.717, 1.165) is 30.6 Å². The Bertz CT molecular complexity index is 1020. The normalized spacial score (nSPS) is 26.6. The summed E-state index contributed by atoms with van der Waals surface area (Å²) in [6.45, 7) is 9.36. The molecule has 10 heteroatoms. The molecule has 0 spiro atoms. The van der Waals surface area contributed by atoms with E-state index in [2.05, 4.69) is 12.2 Å². The smallest absolute Gasteiger partial charge is 0.410 e. The molecule has 2 saturated heterocycles. The number of carboxylic acids is 1.